The Morgan fingerprint density at radius 3 is 2.50 bits per heavy atom. The maximum absolute atomic E-state index is 13.6. The molecule has 0 radical (unpaired) electrons. The fourth-order valence-electron chi connectivity index (χ4n) is 4.98. The number of rotatable bonds is 6. The van der Waals surface area contributed by atoms with Gasteiger partial charge in [-0.3, -0.25) is 14.4 Å². The van der Waals surface area contributed by atoms with Gasteiger partial charge in [0.1, 0.15) is 12.1 Å². The van der Waals surface area contributed by atoms with Crippen LogP contribution in [0.2, 0.25) is 0 Å². The average Bonchev–Trinajstić information content (AvgIpc) is 2.94. The fraction of sp³-hybridized carbons (Fsp3) is 0.385. The lowest BCUT2D eigenvalue weighted by Crippen LogP contribution is -2.57. The van der Waals surface area contributed by atoms with Gasteiger partial charge in [0.05, 0.1) is 6.04 Å². The topological polar surface area (TPSA) is 113 Å². The molecule has 2 aliphatic heterocycles. The second kappa shape index (κ2) is 10.1. The van der Waals surface area contributed by atoms with Crippen molar-refractivity contribution in [3.63, 3.8) is 0 Å². The molecule has 3 unspecified atom stereocenters. The number of carboxylic acids is 1. The van der Waals surface area contributed by atoms with Gasteiger partial charge in [-0.2, -0.15) is 0 Å². The van der Waals surface area contributed by atoms with E-state index < -0.39 is 41.9 Å². The van der Waals surface area contributed by atoms with Crippen LogP contribution in [0.1, 0.15) is 48.9 Å². The molecule has 34 heavy (non-hydrogen) atoms. The second-order valence-electron chi connectivity index (χ2n) is 8.80. The van der Waals surface area contributed by atoms with Crippen molar-refractivity contribution in [2.45, 2.75) is 63.3 Å². The lowest BCUT2D eigenvalue weighted by molar-refractivity contribution is -0.158. The third-order valence-electron chi connectivity index (χ3n) is 6.48. The number of carbonyl (C=O) groups is 4. The van der Waals surface area contributed by atoms with Crippen LogP contribution < -0.4 is 5.32 Å². The summed E-state index contributed by atoms with van der Waals surface area (Å²) in [6.07, 6.45) is 1.01. The number of ether oxygens (including phenoxy) is 1. The molecule has 2 amide bonds. The zero-order chi connectivity index (χ0) is 24.2. The lowest BCUT2D eigenvalue weighted by atomic mass is 9.89. The molecule has 0 bridgehead atoms. The molecule has 1 saturated heterocycles. The maximum atomic E-state index is 13.6. The largest absolute Gasteiger partial charge is 0.480 e. The Balaban J connectivity index is 1.63. The molecule has 2 aromatic rings. The number of hydrogen-bond donors (Lipinski definition) is 2. The van der Waals surface area contributed by atoms with Crippen molar-refractivity contribution in [2.75, 3.05) is 0 Å². The van der Waals surface area contributed by atoms with E-state index in [0.717, 1.165) is 16.7 Å². The Kier molecular flexibility index (Phi) is 6.95. The van der Waals surface area contributed by atoms with Gasteiger partial charge in [-0.1, -0.05) is 54.6 Å². The normalized spacial score (nSPS) is 22.6. The van der Waals surface area contributed by atoms with E-state index in [9.17, 15) is 24.3 Å². The summed E-state index contributed by atoms with van der Waals surface area (Å²) < 4.78 is 5.29. The van der Waals surface area contributed by atoms with E-state index in [1.807, 2.05) is 54.6 Å². The first-order valence-corrected chi connectivity index (χ1v) is 11.5. The number of piperidine rings is 1. The number of carbonyl (C=O) groups excluding carboxylic acids is 3. The van der Waals surface area contributed by atoms with Crippen molar-refractivity contribution in [2.24, 2.45) is 0 Å². The van der Waals surface area contributed by atoms with Crippen molar-refractivity contribution in [3.05, 3.63) is 71.3 Å². The van der Waals surface area contributed by atoms with Gasteiger partial charge in [0, 0.05) is 19.8 Å². The zero-order valence-electron chi connectivity index (χ0n) is 19.0. The van der Waals surface area contributed by atoms with Gasteiger partial charge in [-0.15, -0.1) is 0 Å². The van der Waals surface area contributed by atoms with Crippen LogP contribution in [0.3, 0.4) is 0 Å². The van der Waals surface area contributed by atoms with Crippen LogP contribution in [0.4, 0.5) is 0 Å². The van der Waals surface area contributed by atoms with Crippen LogP contribution in [0.15, 0.2) is 54.6 Å². The van der Waals surface area contributed by atoms with Gasteiger partial charge >= 0.3 is 11.9 Å². The molecule has 2 heterocycles. The van der Waals surface area contributed by atoms with E-state index in [1.54, 1.807) is 0 Å². The third kappa shape index (κ3) is 4.95. The number of fused-ring (bicyclic) bond motifs is 3. The molecular weight excluding hydrogens is 436 g/mol. The van der Waals surface area contributed by atoms with Gasteiger partial charge in [-0.05, 0) is 36.0 Å². The number of esters is 1. The number of nitrogens with zero attached hydrogens (tertiary/aromatic N) is 1. The number of hydrogen-bond acceptors (Lipinski definition) is 5. The molecule has 0 aromatic heterocycles. The van der Waals surface area contributed by atoms with Gasteiger partial charge in [-0.25, -0.2) is 4.79 Å². The molecule has 4 rings (SSSR count). The van der Waals surface area contributed by atoms with Crippen LogP contribution >= 0.6 is 0 Å². The average molecular weight is 465 g/mol. The van der Waals surface area contributed by atoms with E-state index in [2.05, 4.69) is 5.32 Å². The van der Waals surface area contributed by atoms with Crippen LogP contribution in [-0.4, -0.2) is 51.9 Å². The Morgan fingerprint density at radius 2 is 1.79 bits per heavy atom. The first kappa shape index (κ1) is 23.5. The maximum Gasteiger partial charge on any atom is 0.326 e. The molecule has 2 aromatic carbocycles. The predicted molar refractivity (Wildman–Crippen MR) is 123 cm³/mol. The fourth-order valence-corrected chi connectivity index (χ4v) is 4.98. The quantitative estimate of drug-likeness (QED) is 0.635. The van der Waals surface area contributed by atoms with Crippen molar-refractivity contribution >= 4 is 23.8 Å². The molecule has 8 nitrogen and oxygen atoms in total. The van der Waals surface area contributed by atoms with E-state index in [4.69, 9.17) is 4.74 Å². The van der Waals surface area contributed by atoms with Gasteiger partial charge in [0.15, 0.2) is 6.10 Å². The smallest absolute Gasteiger partial charge is 0.326 e. The van der Waals surface area contributed by atoms with Crippen LogP contribution in [0, 0.1) is 0 Å². The summed E-state index contributed by atoms with van der Waals surface area (Å²) in [5.74, 6) is -2.67. The molecule has 8 heteroatoms. The Hall–Kier alpha value is -3.68. The molecule has 2 N–H and O–H groups in total. The third-order valence-corrected chi connectivity index (χ3v) is 6.48. The van der Waals surface area contributed by atoms with Crippen molar-refractivity contribution in [1.29, 1.82) is 0 Å². The Labute approximate surface area is 197 Å². The van der Waals surface area contributed by atoms with Crippen molar-refractivity contribution in [1.82, 2.24) is 10.2 Å². The molecule has 0 saturated carbocycles. The summed E-state index contributed by atoms with van der Waals surface area (Å²) in [4.78, 5) is 52.0. The van der Waals surface area contributed by atoms with Crippen LogP contribution in [-0.2, 0) is 36.8 Å². The van der Waals surface area contributed by atoms with Gasteiger partial charge < -0.3 is 20.1 Å². The number of benzene rings is 2. The Bertz CT molecular complexity index is 1090. The lowest BCUT2D eigenvalue weighted by Gasteiger charge is -2.40. The highest BCUT2D eigenvalue weighted by Gasteiger charge is 2.44. The highest BCUT2D eigenvalue weighted by molar-refractivity contribution is 5.93. The van der Waals surface area contributed by atoms with Crippen LogP contribution in [0.5, 0.6) is 0 Å². The summed E-state index contributed by atoms with van der Waals surface area (Å²) in [5, 5.41) is 12.6. The van der Waals surface area contributed by atoms with Gasteiger partial charge in [0.25, 0.3) is 5.91 Å². The minimum absolute atomic E-state index is 0.161. The zero-order valence-corrected chi connectivity index (χ0v) is 19.0. The number of amides is 2. The summed E-state index contributed by atoms with van der Waals surface area (Å²) in [5.41, 5.74) is 2.62. The molecule has 2 aliphatic rings. The predicted octanol–water partition coefficient (Wildman–Crippen LogP) is 2.41. The summed E-state index contributed by atoms with van der Waals surface area (Å²) in [7, 11) is 0. The molecule has 178 valence electrons. The van der Waals surface area contributed by atoms with Crippen molar-refractivity contribution in [3.8, 4) is 0 Å². The summed E-state index contributed by atoms with van der Waals surface area (Å²) >= 11 is 0. The standard InChI is InChI=1S/C26H28N2O6/c1-16(29)34-23(14-17-8-3-2-4-9-17)24(30)27-20-15-18-10-5-6-11-19(18)21-12-7-13-22(26(32)33)28(21)25(20)31/h2-6,8-11,20-23H,7,12-15H2,1H3,(H,27,30)(H,32,33)/t20?,21?,22?,23-/m0/s1. The number of aliphatic carboxylic acids is 1. The van der Waals surface area contributed by atoms with E-state index in [0.29, 0.717) is 19.3 Å². The van der Waals surface area contributed by atoms with Crippen molar-refractivity contribution < 1.29 is 29.0 Å². The SMILES string of the molecule is CC(=O)O[C@@H](Cc1ccccc1)C(=O)NC1Cc2ccccc2C2CCCC(C(=O)O)N2C1=O. The number of carboxylic acid groups (broad SMARTS) is 1. The minimum atomic E-state index is -1.11. The highest BCUT2D eigenvalue weighted by Crippen LogP contribution is 2.39. The monoisotopic (exact) mass is 464 g/mol. The van der Waals surface area contributed by atoms with E-state index >= 15 is 0 Å². The minimum Gasteiger partial charge on any atom is -0.480 e. The molecule has 0 spiro atoms. The van der Waals surface area contributed by atoms with E-state index in [1.165, 1.54) is 11.8 Å². The molecule has 4 atom stereocenters. The first-order valence-electron chi connectivity index (χ1n) is 11.5. The number of nitrogens with one attached hydrogen (secondary N) is 1. The first-order chi connectivity index (χ1) is 16.3. The summed E-state index contributed by atoms with van der Waals surface area (Å²) in [6.45, 7) is 1.23. The van der Waals surface area contributed by atoms with E-state index in [-0.39, 0.29) is 18.9 Å². The molecule has 0 aliphatic carbocycles. The second-order valence-corrected chi connectivity index (χ2v) is 8.80. The Morgan fingerprint density at radius 1 is 1.09 bits per heavy atom. The highest BCUT2D eigenvalue weighted by atomic mass is 16.5. The molecule has 1 fully saturated rings. The van der Waals surface area contributed by atoms with Crippen LogP contribution in [0.25, 0.3) is 0 Å². The summed E-state index contributed by atoms with van der Waals surface area (Å²) in [6, 6.07) is 14.5. The van der Waals surface area contributed by atoms with Gasteiger partial charge in [0.2, 0.25) is 5.91 Å². The molecular formula is C26H28N2O6.